The minimum absolute atomic E-state index is 0.192. The van der Waals surface area contributed by atoms with Crippen molar-refractivity contribution in [2.24, 2.45) is 0 Å². The van der Waals surface area contributed by atoms with Gasteiger partial charge >= 0.3 is 13.2 Å². The predicted octanol–water partition coefficient (Wildman–Crippen LogP) is 4.52. The van der Waals surface area contributed by atoms with Crippen molar-refractivity contribution >= 4 is 36.5 Å². The lowest BCUT2D eigenvalue weighted by Gasteiger charge is -2.32. The largest absolute Gasteiger partial charge is 0.492 e. The number of ether oxygens (including phenoxy) is 1. The molecule has 0 atom stereocenters. The van der Waals surface area contributed by atoms with Crippen molar-refractivity contribution in [3.63, 3.8) is 0 Å². The first kappa shape index (κ1) is 23.1. The van der Waals surface area contributed by atoms with Crippen molar-refractivity contribution in [2.75, 3.05) is 6.54 Å². The van der Waals surface area contributed by atoms with E-state index >= 15 is 0 Å². The molecule has 0 aliphatic carbocycles. The van der Waals surface area contributed by atoms with Gasteiger partial charge < -0.3 is 24.3 Å². The lowest BCUT2D eigenvalue weighted by atomic mass is 9.77. The number of fused-ring (bicyclic) bond motifs is 1. The van der Waals surface area contributed by atoms with E-state index in [2.05, 4.69) is 10.3 Å². The number of benzene rings is 1. The maximum absolute atomic E-state index is 12.2. The first-order chi connectivity index (χ1) is 14.3. The highest BCUT2D eigenvalue weighted by Crippen LogP contribution is 2.38. The summed E-state index contributed by atoms with van der Waals surface area (Å²) in [4.78, 5) is 26.6. The summed E-state index contributed by atoms with van der Waals surface area (Å²) in [5, 5.41) is 3.62. The molecule has 1 aromatic heterocycles. The summed E-state index contributed by atoms with van der Waals surface area (Å²) in [7, 11) is -0.632. The molecular weight excluding hydrogens is 395 g/mol. The summed E-state index contributed by atoms with van der Waals surface area (Å²) in [5.41, 5.74) is 1.45. The second-order valence-electron chi connectivity index (χ2n) is 9.83. The number of carbonyl (C=O) groups is 2. The molecule has 1 saturated heterocycles. The number of nitrogens with one attached hydrogen (secondary N) is 2. The third-order valence-corrected chi connectivity index (χ3v) is 5.61. The molecule has 0 spiro atoms. The molecule has 8 heteroatoms. The molecule has 0 saturated carbocycles. The number of H-pyrrole nitrogens is 1. The Bertz CT molecular complexity index is 1000. The Morgan fingerprint density at radius 3 is 2.42 bits per heavy atom. The van der Waals surface area contributed by atoms with Gasteiger partial charge in [0.15, 0.2) is 6.29 Å². The van der Waals surface area contributed by atoms with Crippen molar-refractivity contribution in [1.29, 1.82) is 0 Å². The molecule has 1 aliphatic heterocycles. The normalized spacial score (nSPS) is 18.3. The highest BCUT2D eigenvalue weighted by molar-refractivity contribution is 6.56. The SMILES string of the molecule is CC(C)(C)OC(=O)NCC(=Cc1ccc2[nH]cc(C=O)c2c1)B1OC(C)(C)C(C)(C)O1. The average Bonchev–Trinajstić information content (AvgIpc) is 3.13. The molecule has 7 nitrogen and oxygen atoms in total. The van der Waals surface area contributed by atoms with Crippen LogP contribution in [0.4, 0.5) is 4.79 Å². The van der Waals surface area contributed by atoms with Crippen LogP contribution in [0.2, 0.25) is 0 Å². The molecule has 0 radical (unpaired) electrons. The molecule has 1 fully saturated rings. The van der Waals surface area contributed by atoms with Gasteiger partial charge in [-0.25, -0.2) is 4.79 Å². The van der Waals surface area contributed by atoms with Crippen LogP contribution >= 0.6 is 0 Å². The zero-order valence-electron chi connectivity index (χ0n) is 19.3. The molecule has 166 valence electrons. The smallest absolute Gasteiger partial charge is 0.444 e. The van der Waals surface area contributed by atoms with Gasteiger partial charge in [-0.15, -0.1) is 0 Å². The van der Waals surface area contributed by atoms with E-state index in [1.165, 1.54) is 0 Å². The molecule has 31 heavy (non-hydrogen) atoms. The van der Waals surface area contributed by atoms with Crippen molar-refractivity contribution in [2.45, 2.75) is 65.3 Å². The van der Waals surface area contributed by atoms with E-state index in [1.54, 1.807) is 6.20 Å². The highest BCUT2D eigenvalue weighted by atomic mass is 16.7. The molecule has 2 aromatic rings. The summed E-state index contributed by atoms with van der Waals surface area (Å²) in [6, 6.07) is 5.78. The van der Waals surface area contributed by atoms with Crippen LogP contribution in [0.5, 0.6) is 0 Å². The zero-order chi connectivity index (χ0) is 23.0. The van der Waals surface area contributed by atoms with Crippen LogP contribution in [0, 0.1) is 0 Å². The number of rotatable bonds is 5. The second-order valence-corrected chi connectivity index (χ2v) is 9.83. The Balaban J connectivity index is 1.92. The summed E-state index contributed by atoms with van der Waals surface area (Å²) >= 11 is 0. The van der Waals surface area contributed by atoms with Crippen LogP contribution in [0.3, 0.4) is 0 Å². The average molecular weight is 426 g/mol. The van der Waals surface area contributed by atoms with E-state index in [0.29, 0.717) is 5.56 Å². The van der Waals surface area contributed by atoms with E-state index < -0.39 is 30.0 Å². The van der Waals surface area contributed by atoms with Crippen molar-refractivity contribution in [1.82, 2.24) is 10.3 Å². The van der Waals surface area contributed by atoms with Crippen LogP contribution in [-0.4, -0.2) is 47.8 Å². The molecule has 1 aromatic carbocycles. The Labute approximate surface area is 183 Å². The van der Waals surface area contributed by atoms with Gasteiger partial charge in [-0.1, -0.05) is 12.1 Å². The van der Waals surface area contributed by atoms with Gasteiger partial charge in [0, 0.05) is 29.2 Å². The van der Waals surface area contributed by atoms with Gasteiger partial charge in [-0.05, 0) is 71.6 Å². The van der Waals surface area contributed by atoms with E-state index in [0.717, 1.165) is 28.2 Å². The molecule has 0 bridgehead atoms. The fourth-order valence-corrected chi connectivity index (χ4v) is 3.25. The Hall–Kier alpha value is -2.58. The number of alkyl carbamates (subject to hydrolysis) is 1. The number of aromatic amines is 1. The molecular formula is C23H31BN2O5. The van der Waals surface area contributed by atoms with Crippen LogP contribution in [0.25, 0.3) is 17.0 Å². The highest BCUT2D eigenvalue weighted by Gasteiger charge is 2.52. The van der Waals surface area contributed by atoms with Gasteiger partial charge in [-0.3, -0.25) is 4.79 Å². The van der Waals surface area contributed by atoms with E-state index in [1.807, 2.05) is 72.7 Å². The minimum atomic E-state index is -0.632. The Kier molecular flexibility index (Phi) is 6.08. The molecule has 2 heterocycles. The summed E-state index contributed by atoms with van der Waals surface area (Å²) in [6.45, 7) is 13.6. The first-order valence-corrected chi connectivity index (χ1v) is 10.4. The van der Waals surface area contributed by atoms with Crippen LogP contribution in [0.1, 0.15) is 64.4 Å². The van der Waals surface area contributed by atoms with Crippen molar-refractivity contribution in [3.8, 4) is 0 Å². The van der Waals surface area contributed by atoms with Gasteiger partial charge in [0.05, 0.1) is 11.2 Å². The second kappa shape index (κ2) is 8.17. The van der Waals surface area contributed by atoms with Gasteiger partial charge in [0.2, 0.25) is 0 Å². The summed E-state index contributed by atoms with van der Waals surface area (Å²) in [5.74, 6) is 0. The number of hydrogen-bond acceptors (Lipinski definition) is 5. The number of carbonyl (C=O) groups excluding carboxylic acids is 2. The lowest BCUT2D eigenvalue weighted by molar-refractivity contribution is 0.00578. The van der Waals surface area contributed by atoms with Gasteiger partial charge in [0.1, 0.15) is 5.60 Å². The summed E-state index contributed by atoms with van der Waals surface area (Å²) in [6.07, 6.45) is 3.91. The molecule has 1 amide bonds. The monoisotopic (exact) mass is 426 g/mol. The van der Waals surface area contributed by atoms with E-state index in [-0.39, 0.29) is 6.54 Å². The first-order valence-electron chi connectivity index (χ1n) is 10.4. The van der Waals surface area contributed by atoms with Crippen LogP contribution < -0.4 is 5.32 Å². The third-order valence-electron chi connectivity index (χ3n) is 5.61. The molecule has 3 rings (SSSR count). The number of aromatic nitrogens is 1. The topological polar surface area (TPSA) is 89.7 Å². The van der Waals surface area contributed by atoms with E-state index in [9.17, 15) is 9.59 Å². The number of hydrogen-bond donors (Lipinski definition) is 2. The minimum Gasteiger partial charge on any atom is -0.444 e. The maximum Gasteiger partial charge on any atom is 0.492 e. The molecule has 2 N–H and O–H groups in total. The maximum atomic E-state index is 12.2. The van der Waals surface area contributed by atoms with Gasteiger partial charge in [0.25, 0.3) is 0 Å². The third kappa shape index (κ3) is 5.19. The van der Waals surface area contributed by atoms with Crippen LogP contribution in [-0.2, 0) is 14.0 Å². The van der Waals surface area contributed by atoms with Gasteiger partial charge in [-0.2, -0.15) is 0 Å². The van der Waals surface area contributed by atoms with Crippen molar-refractivity contribution in [3.05, 3.63) is 41.0 Å². The molecule has 1 aliphatic rings. The van der Waals surface area contributed by atoms with E-state index in [4.69, 9.17) is 14.0 Å². The standard InChI is InChI=1S/C23H31BN2O5/c1-21(2,3)29-20(28)26-13-17(24-30-22(4,5)23(6,7)31-24)10-15-8-9-19-18(11-15)16(14-27)12-25-19/h8-12,14,25H,13H2,1-7H3,(H,26,28). The fourth-order valence-electron chi connectivity index (χ4n) is 3.25. The number of amides is 1. The Morgan fingerprint density at radius 1 is 1.19 bits per heavy atom. The number of aldehydes is 1. The van der Waals surface area contributed by atoms with Crippen LogP contribution in [0.15, 0.2) is 29.9 Å². The fraction of sp³-hybridized carbons (Fsp3) is 0.478. The van der Waals surface area contributed by atoms with Crippen molar-refractivity contribution < 1.29 is 23.6 Å². The Morgan fingerprint density at radius 2 is 1.84 bits per heavy atom. The predicted molar refractivity (Wildman–Crippen MR) is 122 cm³/mol. The quantitative estimate of drug-likeness (QED) is 0.542. The molecule has 0 unspecified atom stereocenters. The summed E-state index contributed by atoms with van der Waals surface area (Å²) < 4.78 is 17.8. The lowest BCUT2D eigenvalue weighted by Crippen LogP contribution is -2.41. The zero-order valence-corrected chi connectivity index (χ0v) is 19.3.